The number of rotatable bonds is 11. The minimum atomic E-state index is -4.01. The highest BCUT2D eigenvalue weighted by Gasteiger charge is 2.56. The standard InChI is InChI=1S/C23H33FN9O6P/c1-12(2)38-20(35)13(3)32-40(36,29-9-14-6-5-7-27-8-14)37-10-15-17(34)23(4,24)21(39-15)33-11-28-16-18(25)30-22(26)31-19(16)33/h5-8,11-13,15,17,21,34H,9-10H2,1-4H3,(H2,29,32,36)(H4,25,26,30,31)/t13-,15+,17-,21+,23-,40?/m0/s1. The minimum Gasteiger partial charge on any atom is -0.462 e. The summed E-state index contributed by atoms with van der Waals surface area (Å²) in [6.07, 6.45) is -0.387. The third-order valence-corrected chi connectivity index (χ3v) is 7.95. The van der Waals surface area contributed by atoms with Crippen LogP contribution in [0.3, 0.4) is 0 Å². The normalized spacial score (nSPS) is 25.2. The molecule has 1 aliphatic heterocycles. The maximum Gasteiger partial charge on any atom is 0.341 e. The summed E-state index contributed by atoms with van der Waals surface area (Å²) in [6, 6.07) is 2.43. The zero-order valence-electron chi connectivity index (χ0n) is 22.4. The van der Waals surface area contributed by atoms with Gasteiger partial charge in [-0.05, 0) is 39.3 Å². The van der Waals surface area contributed by atoms with E-state index in [9.17, 15) is 14.5 Å². The molecule has 0 aliphatic carbocycles. The average molecular weight is 582 g/mol. The van der Waals surface area contributed by atoms with Gasteiger partial charge in [0.1, 0.15) is 23.8 Å². The van der Waals surface area contributed by atoms with Crippen molar-refractivity contribution in [1.29, 1.82) is 0 Å². The van der Waals surface area contributed by atoms with Crippen molar-refractivity contribution in [3.63, 3.8) is 0 Å². The molecule has 6 atom stereocenters. The number of hydrogen-bond acceptors (Lipinski definition) is 12. The Bertz CT molecular complexity index is 1390. The van der Waals surface area contributed by atoms with Gasteiger partial charge >= 0.3 is 13.6 Å². The van der Waals surface area contributed by atoms with E-state index < -0.39 is 56.5 Å². The summed E-state index contributed by atoms with van der Waals surface area (Å²) in [5, 5.41) is 16.2. The third kappa shape index (κ3) is 6.37. The molecule has 0 saturated carbocycles. The Kier molecular flexibility index (Phi) is 8.68. The van der Waals surface area contributed by atoms with Gasteiger partial charge in [0.05, 0.1) is 19.0 Å². The average Bonchev–Trinajstić information content (AvgIpc) is 3.40. The molecule has 15 nitrogen and oxygen atoms in total. The van der Waals surface area contributed by atoms with E-state index in [0.29, 0.717) is 5.56 Å². The summed E-state index contributed by atoms with van der Waals surface area (Å²) in [5.41, 5.74) is 10.2. The molecule has 1 fully saturated rings. The zero-order valence-corrected chi connectivity index (χ0v) is 23.3. The van der Waals surface area contributed by atoms with Gasteiger partial charge in [-0.2, -0.15) is 9.97 Å². The molecule has 0 bridgehead atoms. The Hall–Kier alpha value is -3.27. The van der Waals surface area contributed by atoms with Crippen LogP contribution in [-0.2, 0) is 29.9 Å². The number of aliphatic hydroxyl groups is 1. The predicted molar refractivity (Wildman–Crippen MR) is 142 cm³/mol. The Balaban J connectivity index is 1.53. The van der Waals surface area contributed by atoms with E-state index in [1.165, 1.54) is 17.8 Å². The number of anilines is 2. The van der Waals surface area contributed by atoms with E-state index in [-0.39, 0.29) is 29.5 Å². The first-order valence-corrected chi connectivity index (χ1v) is 14.1. The highest BCUT2D eigenvalue weighted by atomic mass is 31.2. The van der Waals surface area contributed by atoms with E-state index in [1.54, 1.807) is 38.4 Å². The summed E-state index contributed by atoms with van der Waals surface area (Å²) in [5.74, 6) is -0.803. The van der Waals surface area contributed by atoms with Crippen molar-refractivity contribution in [3.8, 4) is 0 Å². The summed E-state index contributed by atoms with van der Waals surface area (Å²) < 4.78 is 47.6. The first kappa shape index (κ1) is 29.7. The second-order valence-electron chi connectivity index (χ2n) is 9.79. The van der Waals surface area contributed by atoms with Crippen LogP contribution in [0.15, 0.2) is 30.9 Å². The van der Waals surface area contributed by atoms with Gasteiger partial charge in [-0.1, -0.05) is 6.07 Å². The molecule has 0 aromatic carbocycles. The number of carbonyl (C=O) groups excluding carboxylic acids is 1. The molecule has 4 rings (SSSR count). The second-order valence-corrected chi connectivity index (χ2v) is 11.7. The number of halogens is 1. The molecular formula is C23H33FN9O6P. The molecular weight excluding hydrogens is 548 g/mol. The van der Waals surface area contributed by atoms with E-state index in [2.05, 4.69) is 30.1 Å². The number of hydrogen-bond donors (Lipinski definition) is 5. The lowest BCUT2D eigenvalue weighted by molar-refractivity contribution is -0.149. The van der Waals surface area contributed by atoms with Crippen molar-refractivity contribution < 1.29 is 32.9 Å². The van der Waals surface area contributed by atoms with Crippen molar-refractivity contribution >= 4 is 36.6 Å². The van der Waals surface area contributed by atoms with Gasteiger partial charge in [0.2, 0.25) is 5.95 Å². The number of nitrogens with zero attached hydrogens (tertiary/aromatic N) is 5. The third-order valence-electron chi connectivity index (χ3n) is 6.14. The summed E-state index contributed by atoms with van der Waals surface area (Å²) in [6.45, 7) is 5.52. The fourth-order valence-corrected chi connectivity index (χ4v) is 5.75. The molecule has 218 valence electrons. The summed E-state index contributed by atoms with van der Waals surface area (Å²) in [4.78, 5) is 28.4. The van der Waals surface area contributed by atoms with Crippen LogP contribution >= 0.6 is 7.67 Å². The topological polar surface area (TPSA) is 215 Å². The number of nitrogens with two attached hydrogens (primary N) is 2. The first-order chi connectivity index (χ1) is 18.8. The molecule has 7 N–H and O–H groups in total. The predicted octanol–water partition coefficient (Wildman–Crippen LogP) is 1.22. The largest absolute Gasteiger partial charge is 0.462 e. The van der Waals surface area contributed by atoms with Gasteiger partial charge in [0.25, 0.3) is 0 Å². The van der Waals surface area contributed by atoms with Crippen molar-refractivity contribution in [1.82, 2.24) is 34.7 Å². The molecule has 17 heteroatoms. The molecule has 3 aromatic heterocycles. The van der Waals surface area contributed by atoms with Gasteiger partial charge in [0.15, 0.2) is 23.4 Å². The number of nitrogen functional groups attached to an aromatic ring is 2. The number of ether oxygens (including phenoxy) is 2. The lowest BCUT2D eigenvalue weighted by Gasteiger charge is -2.26. The molecule has 4 heterocycles. The van der Waals surface area contributed by atoms with Gasteiger partial charge in [-0.25, -0.2) is 19.5 Å². The Morgan fingerprint density at radius 2 is 2.10 bits per heavy atom. The fourth-order valence-electron chi connectivity index (χ4n) is 4.13. The second kappa shape index (κ2) is 11.7. The van der Waals surface area contributed by atoms with Crippen LogP contribution in [0.5, 0.6) is 0 Å². The SMILES string of the molecule is CC(C)OC(=O)[C@H](C)NP(=O)(NCc1cccnc1)OC[C@H]1O[C@@H](n2cnc3c(N)nc(N)nc32)[C@@](C)(F)[C@H]1O. The molecule has 3 aromatic rings. The molecule has 40 heavy (non-hydrogen) atoms. The number of carbonyl (C=O) groups is 1. The van der Waals surface area contributed by atoms with E-state index >= 15 is 4.39 Å². The van der Waals surface area contributed by atoms with Gasteiger partial charge < -0.3 is 30.6 Å². The number of fused-ring (bicyclic) bond motifs is 1. The Morgan fingerprint density at radius 3 is 2.77 bits per heavy atom. The number of esters is 1. The van der Waals surface area contributed by atoms with Crippen LogP contribution in [0.1, 0.15) is 39.5 Å². The van der Waals surface area contributed by atoms with Crippen molar-refractivity contribution in [3.05, 3.63) is 36.4 Å². The summed E-state index contributed by atoms with van der Waals surface area (Å²) in [7, 11) is -4.01. The lowest BCUT2D eigenvalue weighted by Crippen LogP contribution is -2.42. The Labute approximate surface area is 229 Å². The molecule has 1 saturated heterocycles. The fraction of sp³-hybridized carbons (Fsp3) is 0.522. The van der Waals surface area contributed by atoms with Crippen LogP contribution in [0, 0.1) is 0 Å². The number of pyridine rings is 1. The van der Waals surface area contributed by atoms with Gasteiger partial charge in [-0.3, -0.25) is 18.9 Å². The monoisotopic (exact) mass is 581 g/mol. The van der Waals surface area contributed by atoms with Crippen LogP contribution in [0.2, 0.25) is 0 Å². The maximum atomic E-state index is 15.9. The number of nitrogens with one attached hydrogen (secondary N) is 2. The molecule has 0 amide bonds. The minimum absolute atomic E-state index is 0.00273. The first-order valence-electron chi connectivity index (χ1n) is 12.5. The van der Waals surface area contributed by atoms with Crippen LogP contribution in [-0.4, -0.2) is 72.2 Å². The van der Waals surface area contributed by atoms with Crippen molar-refractivity contribution in [2.45, 2.75) is 70.5 Å². The van der Waals surface area contributed by atoms with Crippen molar-refractivity contribution in [2.24, 2.45) is 0 Å². The van der Waals surface area contributed by atoms with Gasteiger partial charge in [0, 0.05) is 18.9 Å². The van der Waals surface area contributed by atoms with Crippen LogP contribution in [0.4, 0.5) is 16.2 Å². The molecule has 0 radical (unpaired) electrons. The van der Waals surface area contributed by atoms with Crippen molar-refractivity contribution in [2.75, 3.05) is 18.1 Å². The Morgan fingerprint density at radius 1 is 1.35 bits per heavy atom. The van der Waals surface area contributed by atoms with Gasteiger partial charge in [-0.15, -0.1) is 0 Å². The highest BCUT2D eigenvalue weighted by Crippen LogP contribution is 2.45. The smallest absolute Gasteiger partial charge is 0.341 e. The highest BCUT2D eigenvalue weighted by molar-refractivity contribution is 7.54. The van der Waals surface area contributed by atoms with Crippen LogP contribution in [0.25, 0.3) is 11.2 Å². The molecule has 1 aliphatic rings. The van der Waals surface area contributed by atoms with E-state index in [0.717, 1.165) is 6.92 Å². The quantitative estimate of drug-likeness (QED) is 0.159. The maximum absolute atomic E-state index is 15.9. The number of aliphatic hydroxyl groups excluding tert-OH is 1. The van der Waals surface area contributed by atoms with E-state index in [4.69, 9.17) is 25.5 Å². The van der Waals surface area contributed by atoms with Crippen LogP contribution < -0.4 is 21.6 Å². The summed E-state index contributed by atoms with van der Waals surface area (Å²) >= 11 is 0. The number of aromatic nitrogens is 5. The molecule has 1 unspecified atom stereocenters. The van der Waals surface area contributed by atoms with E-state index in [1.807, 2.05) is 0 Å². The number of alkyl halides is 1. The zero-order chi connectivity index (χ0) is 29.2. The molecule has 0 spiro atoms. The lowest BCUT2D eigenvalue weighted by atomic mass is 9.98. The number of imidazole rings is 1.